The van der Waals surface area contributed by atoms with E-state index < -0.39 is 17.9 Å². The Morgan fingerprint density at radius 1 is 1.31 bits per heavy atom. The monoisotopic (exact) mass is 559 g/mol. The number of benzene rings is 1. The van der Waals surface area contributed by atoms with E-state index in [1.54, 1.807) is 32.9 Å². The summed E-state index contributed by atoms with van der Waals surface area (Å²) in [6.07, 6.45) is 0.0694. The van der Waals surface area contributed by atoms with E-state index >= 15 is 0 Å². The Balaban J connectivity index is 2.11. The van der Waals surface area contributed by atoms with E-state index in [-0.39, 0.29) is 39.9 Å². The van der Waals surface area contributed by atoms with Gasteiger partial charge in [-0.25, -0.2) is 24.9 Å². The van der Waals surface area contributed by atoms with E-state index in [2.05, 4.69) is 31.3 Å². The third kappa shape index (κ3) is 5.26. The van der Waals surface area contributed by atoms with Crippen molar-refractivity contribution in [2.24, 2.45) is 0 Å². The van der Waals surface area contributed by atoms with Crippen LogP contribution in [0.5, 0.6) is 0 Å². The normalized spacial score (nSPS) is 10.4. The molecule has 0 radical (unpaired) electrons. The molecule has 3 rings (SSSR count). The highest BCUT2D eigenvalue weighted by molar-refractivity contribution is 9.10. The number of pyridine rings is 1. The summed E-state index contributed by atoms with van der Waals surface area (Å²) in [6, 6.07) is 7.99. The Labute approximate surface area is 213 Å². The number of hydrazine groups is 1. The summed E-state index contributed by atoms with van der Waals surface area (Å²) < 4.78 is 1.67. The second kappa shape index (κ2) is 10.5. The largest absolute Gasteiger partial charge is 0.464 e. The summed E-state index contributed by atoms with van der Waals surface area (Å²) in [6.45, 7) is 4.87. The fourth-order valence-electron chi connectivity index (χ4n) is 3.32. The van der Waals surface area contributed by atoms with Crippen LogP contribution in [-0.2, 0) is 0 Å². The van der Waals surface area contributed by atoms with Crippen molar-refractivity contribution in [2.75, 3.05) is 11.9 Å². The quantitative estimate of drug-likeness (QED) is 0.398. The zero-order chi connectivity index (χ0) is 25.9. The molecular formula is C22H19BrClN7O4. The molecule has 0 spiro atoms. The Kier molecular flexibility index (Phi) is 7.73. The van der Waals surface area contributed by atoms with Gasteiger partial charge < -0.3 is 10.4 Å². The second-order valence-electron chi connectivity index (χ2n) is 7.23. The van der Waals surface area contributed by atoms with E-state index in [1.165, 1.54) is 23.0 Å². The van der Waals surface area contributed by atoms with Gasteiger partial charge in [0.25, 0.3) is 11.8 Å². The van der Waals surface area contributed by atoms with Crippen molar-refractivity contribution in [3.63, 3.8) is 0 Å². The van der Waals surface area contributed by atoms with E-state index in [9.17, 15) is 19.6 Å². The number of halogens is 2. The minimum Gasteiger partial charge on any atom is -0.464 e. The Morgan fingerprint density at radius 3 is 2.63 bits per heavy atom. The van der Waals surface area contributed by atoms with Crippen LogP contribution in [0.3, 0.4) is 0 Å². The Bertz CT molecular complexity index is 1380. The van der Waals surface area contributed by atoms with Crippen molar-refractivity contribution in [2.45, 2.75) is 20.8 Å². The topological polar surface area (TPSA) is 153 Å². The minimum atomic E-state index is -1.43. The molecule has 3 amide bonds. The number of carboxylic acid groups (broad SMARTS) is 1. The lowest BCUT2D eigenvalue weighted by Crippen LogP contribution is -2.45. The number of carbonyl (C=O) groups excluding carboxylic acids is 2. The highest BCUT2D eigenvalue weighted by atomic mass is 79.9. The molecule has 11 nitrogen and oxygen atoms in total. The van der Waals surface area contributed by atoms with Gasteiger partial charge in [0, 0.05) is 18.3 Å². The van der Waals surface area contributed by atoms with Crippen LogP contribution in [0.4, 0.5) is 10.5 Å². The molecule has 3 aromatic rings. The van der Waals surface area contributed by atoms with Gasteiger partial charge in [0.1, 0.15) is 10.3 Å². The molecule has 0 aliphatic heterocycles. The Morgan fingerprint density at radius 2 is 2.03 bits per heavy atom. The minimum absolute atomic E-state index is 0.00531. The summed E-state index contributed by atoms with van der Waals surface area (Å²) in [7, 11) is 0. The molecule has 3 N–H and O–H groups in total. The van der Waals surface area contributed by atoms with Gasteiger partial charge >= 0.3 is 6.09 Å². The molecule has 1 aromatic carbocycles. The molecular weight excluding hydrogens is 542 g/mol. The molecule has 0 aliphatic carbocycles. The second-order valence-corrected chi connectivity index (χ2v) is 8.39. The van der Waals surface area contributed by atoms with Gasteiger partial charge in [0.2, 0.25) is 0 Å². The van der Waals surface area contributed by atoms with Crippen LogP contribution >= 0.6 is 27.5 Å². The number of carbonyl (C=O) groups is 3. The molecule has 0 aliphatic rings. The fourth-order valence-corrected chi connectivity index (χ4v) is 3.86. The number of aromatic nitrogens is 3. The van der Waals surface area contributed by atoms with E-state index in [1.807, 2.05) is 11.5 Å². The zero-order valence-electron chi connectivity index (χ0n) is 18.8. The van der Waals surface area contributed by atoms with E-state index in [0.29, 0.717) is 15.7 Å². The van der Waals surface area contributed by atoms with Crippen molar-refractivity contribution < 1.29 is 19.5 Å². The third-order valence-electron chi connectivity index (χ3n) is 4.94. The molecule has 0 saturated carbocycles. The van der Waals surface area contributed by atoms with Crippen LogP contribution < -0.4 is 10.7 Å². The first-order valence-corrected chi connectivity index (χ1v) is 11.3. The molecule has 13 heteroatoms. The van der Waals surface area contributed by atoms with Crippen LogP contribution in [0.25, 0.3) is 5.82 Å². The molecule has 2 aromatic heterocycles. The number of nitrogens with one attached hydrogen (secondary N) is 2. The average Bonchev–Trinajstić information content (AvgIpc) is 3.12. The van der Waals surface area contributed by atoms with Crippen molar-refractivity contribution in [3.8, 4) is 11.9 Å². The summed E-state index contributed by atoms with van der Waals surface area (Å²) >= 11 is 9.59. The van der Waals surface area contributed by atoms with Gasteiger partial charge in [0.15, 0.2) is 5.82 Å². The first-order chi connectivity index (χ1) is 16.6. The maximum absolute atomic E-state index is 13.5. The average molecular weight is 561 g/mol. The predicted octanol–water partition coefficient (Wildman–Crippen LogP) is 4.07. The van der Waals surface area contributed by atoms with Crippen LogP contribution in [0, 0.1) is 25.2 Å². The fraction of sp³-hybridized carbons (Fsp3) is 0.182. The summed E-state index contributed by atoms with van der Waals surface area (Å²) in [4.78, 5) is 42.0. The lowest BCUT2D eigenvalue weighted by molar-refractivity contribution is 0.0661. The number of hydrogen-bond donors (Lipinski definition) is 3. The van der Waals surface area contributed by atoms with Crippen molar-refractivity contribution in [3.05, 3.63) is 68.0 Å². The van der Waals surface area contributed by atoms with Crippen molar-refractivity contribution >= 4 is 51.1 Å². The maximum Gasteiger partial charge on any atom is 0.423 e. The predicted molar refractivity (Wildman–Crippen MR) is 131 cm³/mol. The molecule has 180 valence electrons. The number of nitriles is 1. The van der Waals surface area contributed by atoms with Gasteiger partial charge in [-0.3, -0.25) is 9.59 Å². The van der Waals surface area contributed by atoms with E-state index in [0.717, 1.165) is 5.01 Å². The van der Waals surface area contributed by atoms with Gasteiger partial charge in [-0.1, -0.05) is 11.6 Å². The number of nitrogens with zero attached hydrogens (tertiary/aromatic N) is 5. The third-order valence-corrected chi connectivity index (χ3v) is 5.99. The van der Waals surface area contributed by atoms with Gasteiger partial charge in [-0.2, -0.15) is 10.4 Å². The number of amides is 3. The summed E-state index contributed by atoms with van der Waals surface area (Å²) in [5.74, 6) is -1.15. The number of aryl methyl sites for hydroxylation is 1. The van der Waals surface area contributed by atoms with Crippen LogP contribution in [0.1, 0.15) is 44.5 Å². The van der Waals surface area contributed by atoms with Crippen LogP contribution in [-0.4, -0.2) is 49.3 Å². The molecule has 0 atom stereocenters. The SMILES string of the molecule is CCN(NC(=O)O)C(=O)c1cc(C#N)cc(C)c1NC(=O)c1c(C)c(Br)nn1-c1ncccc1Cl. The van der Waals surface area contributed by atoms with Gasteiger partial charge in [-0.05, 0) is 66.5 Å². The zero-order valence-corrected chi connectivity index (χ0v) is 21.1. The van der Waals surface area contributed by atoms with Crippen LogP contribution in [0.15, 0.2) is 35.1 Å². The molecule has 35 heavy (non-hydrogen) atoms. The number of anilines is 1. The highest BCUT2D eigenvalue weighted by Gasteiger charge is 2.27. The molecule has 0 fully saturated rings. The van der Waals surface area contributed by atoms with Gasteiger partial charge in [-0.15, -0.1) is 0 Å². The van der Waals surface area contributed by atoms with E-state index in [4.69, 9.17) is 16.7 Å². The highest BCUT2D eigenvalue weighted by Crippen LogP contribution is 2.28. The smallest absolute Gasteiger partial charge is 0.423 e. The Hall–Kier alpha value is -3.95. The van der Waals surface area contributed by atoms with Crippen molar-refractivity contribution in [1.29, 1.82) is 5.26 Å². The first-order valence-electron chi connectivity index (χ1n) is 10.1. The van der Waals surface area contributed by atoms with Gasteiger partial charge in [0.05, 0.1) is 27.9 Å². The standard InChI is InChI=1S/C22H19BrClN7O4/c1-4-30(29-22(34)35)21(33)14-9-13(10-25)8-11(2)16(14)27-20(32)17-12(3)18(23)28-31(17)19-15(24)6-5-7-26-19/h5-9,29H,4H2,1-3H3,(H,27,32)(H,34,35). The molecule has 0 saturated heterocycles. The summed E-state index contributed by atoms with van der Waals surface area (Å²) in [5.41, 5.74) is 3.24. The number of rotatable bonds is 5. The van der Waals surface area contributed by atoms with Crippen LogP contribution in [0.2, 0.25) is 5.02 Å². The number of hydrogen-bond acceptors (Lipinski definition) is 6. The lowest BCUT2D eigenvalue weighted by Gasteiger charge is -2.22. The maximum atomic E-state index is 13.5. The summed E-state index contributed by atoms with van der Waals surface area (Å²) in [5, 5.41) is 26.6. The lowest BCUT2D eigenvalue weighted by atomic mass is 10.0. The molecule has 0 unspecified atom stereocenters. The molecule has 2 heterocycles. The first kappa shape index (κ1) is 25.7. The molecule has 0 bridgehead atoms. The van der Waals surface area contributed by atoms with Crippen molar-refractivity contribution in [1.82, 2.24) is 25.2 Å².